The van der Waals surface area contributed by atoms with Gasteiger partial charge in [-0.25, -0.2) is 4.79 Å². The summed E-state index contributed by atoms with van der Waals surface area (Å²) in [6.07, 6.45) is 19.2. The van der Waals surface area contributed by atoms with Crippen molar-refractivity contribution < 1.29 is 14.3 Å². The number of hydrogen-bond acceptors (Lipinski definition) is 3. The number of carbonyl (C=O) groups is 1. The molecule has 0 aliphatic heterocycles. The fraction of sp³-hybridized carbons (Fsp3) is 0.581. The fourth-order valence-corrected chi connectivity index (χ4v) is 4.11. The Labute approximate surface area is 208 Å². The van der Waals surface area contributed by atoms with E-state index in [0.717, 1.165) is 25.2 Å². The third-order valence-electron chi connectivity index (χ3n) is 6.31. The Morgan fingerprint density at radius 1 is 0.588 bits per heavy atom. The largest absolute Gasteiger partial charge is 0.494 e. The molecule has 188 valence electrons. The maximum absolute atomic E-state index is 12.5. The number of hydrogen-bond donors (Lipinski definition) is 0. The van der Waals surface area contributed by atoms with E-state index in [1.54, 1.807) is 12.1 Å². The number of ether oxygens (including phenoxy) is 2. The van der Waals surface area contributed by atoms with Gasteiger partial charge in [0.15, 0.2) is 0 Å². The van der Waals surface area contributed by atoms with Gasteiger partial charge in [0.25, 0.3) is 0 Å². The van der Waals surface area contributed by atoms with Gasteiger partial charge in [0.1, 0.15) is 11.5 Å². The summed E-state index contributed by atoms with van der Waals surface area (Å²) in [5, 5.41) is 0. The number of unbranched alkanes of at least 4 members (excludes halogenated alkanes) is 12. The highest BCUT2D eigenvalue weighted by Crippen LogP contribution is 2.20. The van der Waals surface area contributed by atoms with Crippen LogP contribution in [0.15, 0.2) is 48.5 Å². The van der Waals surface area contributed by atoms with Crippen LogP contribution in [0.25, 0.3) is 0 Å². The number of aryl methyl sites for hydroxylation is 1. The standard InChI is InChI=1S/C31H46O3/c1-3-5-7-9-11-12-14-16-26-33-29-22-24-30(25-23-29)34-31(32)28-20-18-27(19-21-28)17-15-13-10-8-6-4-2/h18-25H,3-17,26H2,1-2H3. The predicted octanol–water partition coefficient (Wildman–Crippen LogP) is 9.33. The normalized spacial score (nSPS) is 10.9. The first-order chi connectivity index (χ1) is 16.7. The molecule has 0 N–H and O–H groups in total. The number of esters is 1. The molecule has 0 aliphatic carbocycles. The van der Waals surface area contributed by atoms with Crippen molar-refractivity contribution in [3.05, 3.63) is 59.7 Å². The Bertz CT molecular complexity index is 764. The Hall–Kier alpha value is -2.29. The molecule has 0 unspecified atom stereocenters. The second-order valence-electron chi connectivity index (χ2n) is 9.40. The van der Waals surface area contributed by atoms with Gasteiger partial charge >= 0.3 is 5.97 Å². The molecule has 0 heterocycles. The molecule has 3 nitrogen and oxygen atoms in total. The zero-order chi connectivity index (χ0) is 24.3. The molecule has 0 aliphatic rings. The summed E-state index contributed by atoms with van der Waals surface area (Å²) in [6.45, 7) is 5.23. The molecule has 2 rings (SSSR count). The van der Waals surface area contributed by atoms with E-state index in [1.165, 1.54) is 89.0 Å². The smallest absolute Gasteiger partial charge is 0.343 e. The van der Waals surface area contributed by atoms with Gasteiger partial charge in [0.05, 0.1) is 12.2 Å². The molecule has 0 spiro atoms. The number of carbonyl (C=O) groups excluding carboxylic acids is 1. The van der Waals surface area contributed by atoms with Gasteiger partial charge < -0.3 is 9.47 Å². The van der Waals surface area contributed by atoms with Crippen molar-refractivity contribution in [2.45, 2.75) is 110 Å². The van der Waals surface area contributed by atoms with Crippen LogP contribution in [-0.4, -0.2) is 12.6 Å². The second kappa shape index (κ2) is 18.1. The maximum Gasteiger partial charge on any atom is 0.343 e. The van der Waals surface area contributed by atoms with E-state index >= 15 is 0 Å². The highest BCUT2D eigenvalue weighted by atomic mass is 16.5. The van der Waals surface area contributed by atoms with Crippen LogP contribution in [0.2, 0.25) is 0 Å². The Kier molecular flexibility index (Phi) is 14.9. The summed E-state index contributed by atoms with van der Waals surface area (Å²) in [4.78, 5) is 12.5. The van der Waals surface area contributed by atoms with Gasteiger partial charge in [-0.2, -0.15) is 0 Å². The van der Waals surface area contributed by atoms with Gasteiger partial charge in [0.2, 0.25) is 0 Å². The molecule has 0 fully saturated rings. The third-order valence-corrected chi connectivity index (χ3v) is 6.31. The van der Waals surface area contributed by atoms with Crippen LogP contribution in [0.5, 0.6) is 11.5 Å². The molecule has 0 aromatic heterocycles. The lowest BCUT2D eigenvalue weighted by atomic mass is 10.0. The second-order valence-corrected chi connectivity index (χ2v) is 9.40. The van der Waals surface area contributed by atoms with Crippen molar-refractivity contribution in [3.8, 4) is 11.5 Å². The molecule has 0 atom stereocenters. The third kappa shape index (κ3) is 12.3. The average molecular weight is 467 g/mol. The molecular formula is C31H46O3. The Morgan fingerprint density at radius 2 is 1.09 bits per heavy atom. The van der Waals surface area contributed by atoms with E-state index in [1.807, 2.05) is 36.4 Å². The molecule has 0 saturated carbocycles. The zero-order valence-corrected chi connectivity index (χ0v) is 21.7. The molecule has 2 aromatic carbocycles. The van der Waals surface area contributed by atoms with Gasteiger partial charge in [-0.3, -0.25) is 0 Å². The molecule has 0 bridgehead atoms. The molecule has 34 heavy (non-hydrogen) atoms. The highest BCUT2D eigenvalue weighted by molar-refractivity contribution is 5.91. The maximum atomic E-state index is 12.5. The van der Waals surface area contributed by atoms with Gasteiger partial charge in [-0.1, -0.05) is 103 Å². The van der Waals surface area contributed by atoms with E-state index in [9.17, 15) is 4.79 Å². The zero-order valence-electron chi connectivity index (χ0n) is 21.7. The minimum atomic E-state index is -0.321. The topological polar surface area (TPSA) is 35.5 Å². The summed E-state index contributed by atoms with van der Waals surface area (Å²) in [7, 11) is 0. The van der Waals surface area contributed by atoms with Gasteiger partial charge in [0, 0.05) is 0 Å². The van der Waals surface area contributed by atoms with Crippen LogP contribution < -0.4 is 9.47 Å². The van der Waals surface area contributed by atoms with E-state index in [0.29, 0.717) is 11.3 Å². The van der Waals surface area contributed by atoms with E-state index < -0.39 is 0 Å². The van der Waals surface area contributed by atoms with Crippen molar-refractivity contribution in [1.29, 1.82) is 0 Å². The van der Waals surface area contributed by atoms with Crippen LogP contribution in [0.3, 0.4) is 0 Å². The lowest BCUT2D eigenvalue weighted by molar-refractivity contribution is 0.0734. The predicted molar refractivity (Wildman–Crippen MR) is 143 cm³/mol. The van der Waals surface area contributed by atoms with Gasteiger partial charge in [-0.05, 0) is 61.2 Å². The molecule has 2 aromatic rings. The minimum Gasteiger partial charge on any atom is -0.494 e. The summed E-state index contributed by atoms with van der Waals surface area (Å²) in [6, 6.07) is 15.2. The van der Waals surface area contributed by atoms with Crippen LogP contribution in [-0.2, 0) is 6.42 Å². The van der Waals surface area contributed by atoms with Crippen molar-refractivity contribution >= 4 is 5.97 Å². The average Bonchev–Trinajstić information content (AvgIpc) is 2.86. The molecule has 0 amide bonds. The minimum absolute atomic E-state index is 0.321. The van der Waals surface area contributed by atoms with Crippen LogP contribution in [0.4, 0.5) is 0 Å². The van der Waals surface area contributed by atoms with Crippen LogP contribution >= 0.6 is 0 Å². The number of benzene rings is 2. The highest BCUT2D eigenvalue weighted by Gasteiger charge is 2.09. The Balaban J connectivity index is 1.62. The van der Waals surface area contributed by atoms with E-state index in [-0.39, 0.29) is 5.97 Å². The van der Waals surface area contributed by atoms with E-state index in [4.69, 9.17) is 9.47 Å². The summed E-state index contributed by atoms with van der Waals surface area (Å²) in [5.41, 5.74) is 1.87. The van der Waals surface area contributed by atoms with Gasteiger partial charge in [-0.15, -0.1) is 0 Å². The quantitative estimate of drug-likeness (QED) is 0.117. The van der Waals surface area contributed by atoms with Crippen molar-refractivity contribution in [3.63, 3.8) is 0 Å². The first kappa shape index (κ1) is 28.0. The molecule has 3 heteroatoms. The summed E-state index contributed by atoms with van der Waals surface area (Å²) >= 11 is 0. The first-order valence-corrected chi connectivity index (χ1v) is 13.8. The molecular weight excluding hydrogens is 420 g/mol. The first-order valence-electron chi connectivity index (χ1n) is 13.8. The van der Waals surface area contributed by atoms with Crippen LogP contribution in [0, 0.1) is 0 Å². The van der Waals surface area contributed by atoms with Crippen molar-refractivity contribution in [2.24, 2.45) is 0 Å². The monoisotopic (exact) mass is 466 g/mol. The number of rotatable bonds is 19. The SMILES string of the molecule is CCCCCCCCCCOc1ccc(OC(=O)c2ccc(CCCCCCCC)cc2)cc1. The lowest BCUT2D eigenvalue weighted by Crippen LogP contribution is -2.08. The Morgan fingerprint density at radius 3 is 1.68 bits per heavy atom. The van der Waals surface area contributed by atoms with Crippen molar-refractivity contribution in [1.82, 2.24) is 0 Å². The van der Waals surface area contributed by atoms with Crippen molar-refractivity contribution in [2.75, 3.05) is 6.61 Å². The summed E-state index contributed by atoms with van der Waals surface area (Å²) in [5.74, 6) is 1.04. The fourth-order valence-electron chi connectivity index (χ4n) is 4.11. The van der Waals surface area contributed by atoms with Crippen LogP contribution in [0.1, 0.15) is 120 Å². The summed E-state index contributed by atoms with van der Waals surface area (Å²) < 4.78 is 11.4. The molecule has 0 saturated heterocycles. The molecule has 0 radical (unpaired) electrons. The lowest BCUT2D eigenvalue weighted by Gasteiger charge is -2.08. The van der Waals surface area contributed by atoms with E-state index in [2.05, 4.69) is 13.8 Å².